The van der Waals surface area contributed by atoms with E-state index in [-0.39, 0.29) is 0 Å². The Morgan fingerprint density at radius 2 is 2.44 bits per heavy atom. The maximum Gasteiger partial charge on any atom is 0.128 e. The molecule has 2 nitrogen and oxygen atoms in total. The lowest BCUT2D eigenvalue weighted by molar-refractivity contribution is 1.29. The lowest BCUT2D eigenvalue weighted by atomic mass is 10.3. The minimum absolute atomic E-state index is 0.889. The zero-order valence-corrected chi connectivity index (χ0v) is 6.41. The van der Waals surface area contributed by atoms with Gasteiger partial charge in [0.05, 0.1) is 0 Å². The van der Waals surface area contributed by atoms with Gasteiger partial charge in [-0.25, -0.2) is 4.98 Å². The van der Waals surface area contributed by atoms with Crippen LogP contribution in [-0.2, 0) is 0 Å². The van der Waals surface area contributed by atoms with Gasteiger partial charge < -0.3 is 5.09 Å². The Balaban J connectivity index is 2.94. The lowest BCUT2D eigenvalue weighted by Gasteiger charge is -1.96. The van der Waals surface area contributed by atoms with Gasteiger partial charge >= 0.3 is 0 Å². The van der Waals surface area contributed by atoms with Crippen molar-refractivity contribution in [1.29, 1.82) is 0 Å². The molecule has 0 aromatic carbocycles. The van der Waals surface area contributed by atoms with E-state index in [9.17, 15) is 0 Å². The van der Waals surface area contributed by atoms with Gasteiger partial charge in [-0.1, -0.05) is 0 Å². The standard InChI is InChI=1S/C6H9N2P/c1-5-2-3-7-6(4-5)8-9/h2-4H,9H2,1H3,(H,7,8). The maximum atomic E-state index is 4.03. The Morgan fingerprint density at radius 1 is 1.67 bits per heavy atom. The summed E-state index contributed by atoms with van der Waals surface area (Å²) in [5.41, 5.74) is 1.22. The lowest BCUT2D eigenvalue weighted by Crippen LogP contribution is -1.83. The van der Waals surface area contributed by atoms with Gasteiger partial charge in [-0.05, 0) is 34.0 Å². The van der Waals surface area contributed by atoms with Gasteiger partial charge in [0.15, 0.2) is 0 Å². The second-order valence-electron chi connectivity index (χ2n) is 1.86. The monoisotopic (exact) mass is 140 g/mol. The Kier molecular flexibility index (Phi) is 2.01. The first-order chi connectivity index (χ1) is 4.33. The fourth-order valence-corrected chi connectivity index (χ4v) is 0.773. The molecule has 0 radical (unpaired) electrons. The van der Waals surface area contributed by atoms with Crippen molar-refractivity contribution in [3.05, 3.63) is 23.9 Å². The van der Waals surface area contributed by atoms with E-state index in [4.69, 9.17) is 0 Å². The molecule has 0 amide bonds. The molecule has 1 rings (SSSR count). The molecule has 1 unspecified atom stereocenters. The average Bonchev–Trinajstić information content (AvgIpc) is 1.88. The van der Waals surface area contributed by atoms with Gasteiger partial charge in [0.2, 0.25) is 0 Å². The van der Waals surface area contributed by atoms with Crippen LogP contribution in [0.1, 0.15) is 5.56 Å². The van der Waals surface area contributed by atoms with Gasteiger partial charge in [-0.3, -0.25) is 0 Å². The van der Waals surface area contributed by atoms with E-state index in [1.807, 2.05) is 19.1 Å². The molecule has 9 heavy (non-hydrogen) atoms. The first kappa shape index (κ1) is 6.50. The molecule has 1 N–H and O–H groups in total. The highest BCUT2D eigenvalue weighted by atomic mass is 31.0. The molecule has 0 fully saturated rings. The topological polar surface area (TPSA) is 24.9 Å². The number of nitrogens with one attached hydrogen (secondary N) is 1. The predicted octanol–water partition coefficient (Wildman–Crippen LogP) is 1.59. The van der Waals surface area contributed by atoms with Crippen LogP contribution in [0.4, 0.5) is 5.82 Å². The molecule has 1 aromatic rings. The van der Waals surface area contributed by atoms with Crippen LogP contribution in [0.3, 0.4) is 0 Å². The molecule has 0 bridgehead atoms. The van der Waals surface area contributed by atoms with Crippen molar-refractivity contribution < 1.29 is 0 Å². The van der Waals surface area contributed by atoms with Crippen LogP contribution in [-0.4, -0.2) is 4.98 Å². The molecule has 0 spiro atoms. The third-order valence-electron chi connectivity index (χ3n) is 1.06. The van der Waals surface area contributed by atoms with Crippen LogP contribution in [0, 0.1) is 6.92 Å². The Morgan fingerprint density at radius 3 is 2.89 bits per heavy atom. The third-order valence-corrected chi connectivity index (χ3v) is 1.36. The van der Waals surface area contributed by atoms with Crippen molar-refractivity contribution in [1.82, 2.24) is 4.98 Å². The third kappa shape index (κ3) is 1.65. The minimum Gasteiger partial charge on any atom is -0.355 e. The second kappa shape index (κ2) is 2.79. The first-order valence-corrected chi connectivity index (χ1v) is 3.30. The number of aromatic nitrogens is 1. The van der Waals surface area contributed by atoms with Gasteiger partial charge in [-0.2, -0.15) is 0 Å². The summed E-state index contributed by atoms with van der Waals surface area (Å²) in [6.45, 7) is 2.03. The summed E-state index contributed by atoms with van der Waals surface area (Å²) in [5, 5.41) is 2.87. The predicted molar refractivity (Wildman–Crippen MR) is 42.3 cm³/mol. The van der Waals surface area contributed by atoms with Crippen molar-refractivity contribution in [2.75, 3.05) is 5.09 Å². The molecule has 0 saturated heterocycles. The highest BCUT2D eigenvalue weighted by Crippen LogP contribution is 2.05. The van der Waals surface area contributed by atoms with Crippen LogP contribution in [0.2, 0.25) is 0 Å². The maximum absolute atomic E-state index is 4.03. The molecule has 1 atom stereocenters. The minimum atomic E-state index is 0.889. The SMILES string of the molecule is Cc1ccnc(NP)c1. The number of hydrogen-bond donors (Lipinski definition) is 1. The zero-order valence-electron chi connectivity index (χ0n) is 5.26. The number of nitrogens with zero attached hydrogens (tertiary/aromatic N) is 1. The van der Waals surface area contributed by atoms with Crippen molar-refractivity contribution in [3.8, 4) is 0 Å². The number of rotatable bonds is 1. The molecule has 3 heteroatoms. The Labute approximate surface area is 57.0 Å². The fourth-order valence-electron chi connectivity index (χ4n) is 0.615. The summed E-state index contributed by atoms with van der Waals surface area (Å²) < 4.78 is 0. The number of aryl methyl sites for hydroxylation is 1. The van der Waals surface area contributed by atoms with E-state index in [2.05, 4.69) is 19.5 Å². The van der Waals surface area contributed by atoms with E-state index in [0.717, 1.165) is 5.82 Å². The molecule has 0 aliphatic heterocycles. The first-order valence-electron chi connectivity index (χ1n) is 2.72. The normalized spacial score (nSPS) is 9.11. The Hall–Kier alpha value is -0.620. The van der Waals surface area contributed by atoms with E-state index >= 15 is 0 Å². The van der Waals surface area contributed by atoms with Crippen LogP contribution < -0.4 is 5.09 Å². The van der Waals surface area contributed by atoms with Crippen molar-refractivity contribution >= 4 is 15.2 Å². The highest BCUT2D eigenvalue weighted by Gasteiger charge is 1.86. The largest absolute Gasteiger partial charge is 0.355 e. The summed E-state index contributed by atoms with van der Waals surface area (Å²) in [5.74, 6) is 0.889. The second-order valence-corrected chi connectivity index (χ2v) is 2.15. The van der Waals surface area contributed by atoms with Gasteiger partial charge in [0.25, 0.3) is 0 Å². The summed E-state index contributed by atoms with van der Waals surface area (Å²) in [6, 6.07) is 3.94. The average molecular weight is 140 g/mol. The molecule has 0 saturated carbocycles. The zero-order chi connectivity index (χ0) is 6.69. The van der Waals surface area contributed by atoms with Gasteiger partial charge in [0.1, 0.15) is 5.82 Å². The fraction of sp³-hybridized carbons (Fsp3) is 0.167. The number of hydrogen-bond acceptors (Lipinski definition) is 2. The molecule has 48 valence electrons. The van der Waals surface area contributed by atoms with Gasteiger partial charge in [0, 0.05) is 6.20 Å². The van der Waals surface area contributed by atoms with Crippen LogP contribution in [0.5, 0.6) is 0 Å². The van der Waals surface area contributed by atoms with Crippen LogP contribution >= 0.6 is 9.39 Å². The summed E-state index contributed by atoms with van der Waals surface area (Å²) >= 11 is 0. The van der Waals surface area contributed by atoms with E-state index < -0.39 is 0 Å². The number of anilines is 1. The smallest absolute Gasteiger partial charge is 0.128 e. The van der Waals surface area contributed by atoms with E-state index in [1.165, 1.54) is 5.56 Å². The molecule has 1 heterocycles. The Bertz CT molecular complexity index is 200. The van der Waals surface area contributed by atoms with Crippen molar-refractivity contribution in [2.45, 2.75) is 6.92 Å². The van der Waals surface area contributed by atoms with Crippen LogP contribution in [0.15, 0.2) is 18.3 Å². The summed E-state index contributed by atoms with van der Waals surface area (Å²) in [6.07, 6.45) is 1.78. The molecular weight excluding hydrogens is 131 g/mol. The summed E-state index contributed by atoms with van der Waals surface area (Å²) in [4.78, 5) is 4.03. The quantitative estimate of drug-likeness (QED) is 0.599. The van der Waals surface area contributed by atoms with Crippen LogP contribution in [0.25, 0.3) is 0 Å². The van der Waals surface area contributed by atoms with Crippen molar-refractivity contribution in [2.24, 2.45) is 0 Å². The molecule has 0 aliphatic carbocycles. The molecule has 1 aromatic heterocycles. The van der Waals surface area contributed by atoms with Crippen molar-refractivity contribution in [3.63, 3.8) is 0 Å². The van der Waals surface area contributed by atoms with E-state index in [1.54, 1.807) is 6.20 Å². The highest BCUT2D eigenvalue weighted by molar-refractivity contribution is 7.18. The summed E-state index contributed by atoms with van der Waals surface area (Å²) in [7, 11) is 2.40. The van der Waals surface area contributed by atoms with Gasteiger partial charge in [-0.15, -0.1) is 0 Å². The molecular formula is C6H9N2P. The number of pyridine rings is 1. The molecule has 0 aliphatic rings. The van der Waals surface area contributed by atoms with E-state index in [0.29, 0.717) is 0 Å².